The number of nitrogens with one attached hydrogen (secondary N) is 1. The van der Waals surface area contributed by atoms with Crippen LogP contribution in [0.1, 0.15) is 47.8 Å². The Bertz CT molecular complexity index is 824. The van der Waals surface area contributed by atoms with Gasteiger partial charge < -0.3 is 14.6 Å². The van der Waals surface area contributed by atoms with Gasteiger partial charge in [0.25, 0.3) is 0 Å². The third-order valence-corrected chi connectivity index (χ3v) is 6.23. The highest BCUT2D eigenvalue weighted by atomic mass is 32.2. The molecule has 1 amide bonds. The van der Waals surface area contributed by atoms with Gasteiger partial charge in [0.1, 0.15) is 10.8 Å². The molecule has 2 aromatic heterocycles. The van der Waals surface area contributed by atoms with Gasteiger partial charge in [0.15, 0.2) is 5.16 Å². The normalized spacial score (nSPS) is 14.3. The van der Waals surface area contributed by atoms with Crippen molar-refractivity contribution in [3.05, 3.63) is 35.5 Å². The largest absolute Gasteiger partial charge is 0.465 e. The fraction of sp³-hybridized carbons (Fsp3) is 0.444. The van der Waals surface area contributed by atoms with Crippen molar-refractivity contribution in [1.29, 1.82) is 0 Å². The number of aromatic nitrogens is 3. The molecule has 27 heavy (non-hydrogen) atoms. The summed E-state index contributed by atoms with van der Waals surface area (Å²) in [5.74, 6) is 0.934. The van der Waals surface area contributed by atoms with Crippen LogP contribution in [-0.4, -0.2) is 39.5 Å². The Balaban J connectivity index is 1.64. The van der Waals surface area contributed by atoms with Crippen LogP contribution in [0, 0.1) is 0 Å². The first-order chi connectivity index (χ1) is 13.1. The number of thiophene rings is 1. The Kier molecular flexibility index (Phi) is 6.68. The lowest BCUT2D eigenvalue weighted by atomic mass is 10.1. The average Bonchev–Trinajstić information content (AvgIpc) is 3.40. The maximum atomic E-state index is 12.3. The van der Waals surface area contributed by atoms with E-state index in [1.165, 1.54) is 43.1 Å². The summed E-state index contributed by atoms with van der Waals surface area (Å²) in [4.78, 5) is 24.0. The van der Waals surface area contributed by atoms with Gasteiger partial charge in [0.05, 0.1) is 18.4 Å². The number of anilines is 1. The second-order valence-electron chi connectivity index (χ2n) is 6.21. The fourth-order valence-corrected chi connectivity index (χ4v) is 4.71. The van der Waals surface area contributed by atoms with Gasteiger partial charge in [0.2, 0.25) is 5.91 Å². The number of hydrogen-bond acceptors (Lipinski definition) is 7. The number of amides is 1. The van der Waals surface area contributed by atoms with Crippen molar-refractivity contribution in [3.8, 4) is 0 Å². The van der Waals surface area contributed by atoms with Crippen LogP contribution in [0.4, 0.5) is 5.00 Å². The Morgan fingerprint density at radius 1 is 1.44 bits per heavy atom. The minimum Gasteiger partial charge on any atom is -0.465 e. The maximum absolute atomic E-state index is 12.3. The molecule has 0 unspecified atom stereocenters. The van der Waals surface area contributed by atoms with Gasteiger partial charge >= 0.3 is 5.97 Å². The molecule has 1 fully saturated rings. The van der Waals surface area contributed by atoms with E-state index in [4.69, 9.17) is 4.74 Å². The van der Waals surface area contributed by atoms with E-state index in [9.17, 15) is 9.59 Å². The first-order valence-electron chi connectivity index (χ1n) is 8.76. The predicted molar refractivity (Wildman–Crippen MR) is 106 cm³/mol. The number of nitrogens with zero attached hydrogens (tertiary/aromatic N) is 3. The lowest BCUT2D eigenvalue weighted by Crippen LogP contribution is -2.16. The van der Waals surface area contributed by atoms with Crippen LogP contribution in [0.15, 0.2) is 29.3 Å². The van der Waals surface area contributed by atoms with Crippen LogP contribution >= 0.6 is 23.1 Å². The van der Waals surface area contributed by atoms with Gasteiger partial charge in [-0.3, -0.25) is 4.79 Å². The van der Waals surface area contributed by atoms with Crippen LogP contribution in [0.2, 0.25) is 0 Å². The molecular weight excluding hydrogens is 384 g/mol. The molecule has 2 heterocycles. The lowest BCUT2D eigenvalue weighted by molar-refractivity contribution is -0.113. The number of hydrogen-bond donors (Lipinski definition) is 1. The molecule has 7 nitrogen and oxygen atoms in total. The van der Waals surface area contributed by atoms with E-state index < -0.39 is 5.97 Å². The number of allylic oxidation sites excluding steroid dienone is 1. The number of carbonyl (C=O) groups excluding carboxylic acids is 2. The highest BCUT2D eigenvalue weighted by Gasteiger charge is 2.24. The second kappa shape index (κ2) is 9.18. The van der Waals surface area contributed by atoms with Crippen LogP contribution in [0.25, 0.3) is 0 Å². The standard InChI is InChI=1S/C18H22N4O3S2/c1-3-9-22-15(12-6-4-5-7-12)20-21-18(22)27-11-14(23)19-16-13(8-10-26-16)17(24)25-2/h3,8,10,12H,1,4-7,9,11H2,2H3,(H,19,23). The third kappa shape index (κ3) is 4.59. The summed E-state index contributed by atoms with van der Waals surface area (Å²) in [5.41, 5.74) is 0.360. The molecule has 3 rings (SSSR count). The smallest absolute Gasteiger partial charge is 0.340 e. The molecule has 0 aliphatic heterocycles. The minimum absolute atomic E-state index is 0.179. The monoisotopic (exact) mass is 406 g/mol. The number of rotatable bonds is 8. The number of carbonyl (C=O) groups is 2. The van der Waals surface area contributed by atoms with Crippen molar-refractivity contribution in [3.63, 3.8) is 0 Å². The molecule has 0 atom stereocenters. The fourth-order valence-electron chi connectivity index (χ4n) is 3.16. The van der Waals surface area contributed by atoms with Gasteiger partial charge in [-0.05, 0) is 24.3 Å². The van der Waals surface area contributed by atoms with E-state index in [-0.39, 0.29) is 11.7 Å². The van der Waals surface area contributed by atoms with Crippen molar-refractivity contribution in [2.24, 2.45) is 0 Å². The van der Waals surface area contributed by atoms with Crippen LogP contribution in [0.3, 0.4) is 0 Å². The summed E-state index contributed by atoms with van der Waals surface area (Å²) < 4.78 is 6.77. The van der Waals surface area contributed by atoms with Crippen LogP contribution < -0.4 is 5.32 Å². The number of esters is 1. The van der Waals surface area contributed by atoms with Crippen molar-refractivity contribution in [2.45, 2.75) is 43.3 Å². The van der Waals surface area contributed by atoms with Crippen molar-refractivity contribution in [2.75, 3.05) is 18.2 Å². The summed E-state index contributed by atoms with van der Waals surface area (Å²) >= 11 is 2.62. The second-order valence-corrected chi connectivity index (χ2v) is 8.07. The van der Waals surface area contributed by atoms with Gasteiger partial charge in [-0.15, -0.1) is 28.1 Å². The third-order valence-electron chi connectivity index (χ3n) is 4.43. The van der Waals surface area contributed by atoms with Gasteiger partial charge in [-0.25, -0.2) is 4.79 Å². The van der Waals surface area contributed by atoms with Crippen LogP contribution in [-0.2, 0) is 16.1 Å². The summed E-state index contributed by atoms with van der Waals surface area (Å²) in [6.45, 7) is 4.44. The quantitative estimate of drug-likeness (QED) is 0.409. The van der Waals surface area contributed by atoms with Crippen molar-refractivity contribution < 1.29 is 14.3 Å². The SMILES string of the molecule is C=CCn1c(SCC(=O)Nc2sccc2C(=O)OC)nnc1C1CCCC1. The molecule has 1 saturated carbocycles. The molecule has 1 aliphatic carbocycles. The first-order valence-corrected chi connectivity index (χ1v) is 10.6. The summed E-state index contributed by atoms with van der Waals surface area (Å²) in [6.07, 6.45) is 6.53. The van der Waals surface area contributed by atoms with Crippen LogP contribution in [0.5, 0.6) is 0 Å². The van der Waals surface area contributed by atoms with Gasteiger partial charge in [0, 0.05) is 12.5 Å². The summed E-state index contributed by atoms with van der Waals surface area (Å²) in [5, 5.41) is 14.4. The molecular formula is C18H22N4O3S2. The van der Waals surface area contributed by atoms with E-state index in [1.807, 2.05) is 10.6 Å². The van der Waals surface area contributed by atoms with E-state index in [2.05, 4.69) is 22.1 Å². The molecule has 0 saturated heterocycles. The number of methoxy groups -OCH3 is 1. The Hall–Kier alpha value is -2.13. The summed E-state index contributed by atoms with van der Waals surface area (Å²) in [7, 11) is 1.32. The Morgan fingerprint density at radius 2 is 2.22 bits per heavy atom. The topological polar surface area (TPSA) is 86.1 Å². The molecule has 0 radical (unpaired) electrons. The molecule has 0 aromatic carbocycles. The maximum Gasteiger partial charge on any atom is 0.340 e. The highest BCUT2D eigenvalue weighted by molar-refractivity contribution is 7.99. The molecule has 1 aliphatic rings. The van der Waals surface area contributed by atoms with Crippen molar-refractivity contribution in [1.82, 2.24) is 14.8 Å². The van der Waals surface area contributed by atoms with E-state index >= 15 is 0 Å². The molecule has 1 N–H and O–H groups in total. The van der Waals surface area contributed by atoms with E-state index in [0.717, 1.165) is 18.7 Å². The van der Waals surface area contributed by atoms with Gasteiger partial charge in [-0.2, -0.15) is 0 Å². The van der Waals surface area contributed by atoms with E-state index in [1.54, 1.807) is 11.4 Å². The highest BCUT2D eigenvalue weighted by Crippen LogP contribution is 2.34. The average molecular weight is 407 g/mol. The first kappa shape index (κ1) is 19.6. The molecule has 144 valence electrons. The lowest BCUT2D eigenvalue weighted by Gasteiger charge is -2.11. The zero-order chi connectivity index (χ0) is 19.2. The zero-order valence-corrected chi connectivity index (χ0v) is 16.8. The predicted octanol–water partition coefficient (Wildman–Crippen LogP) is 3.70. The molecule has 9 heteroatoms. The van der Waals surface area contributed by atoms with Crippen molar-refractivity contribution >= 4 is 40.0 Å². The molecule has 0 bridgehead atoms. The van der Waals surface area contributed by atoms with E-state index in [0.29, 0.717) is 28.2 Å². The number of ether oxygens (including phenoxy) is 1. The zero-order valence-electron chi connectivity index (χ0n) is 15.1. The van der Waals surface area contributed by atoms with Gasteiger partial charge in [-0.1, -0.05) is 30.7 Å². The number of thioether (sulfide) groups is 1. The molecule has 0 spiro atoms. The minimum atomic E-state index is -0.467. The Morgan fingerprint density at radius 3 is 2.93 bits per heavy atom. The molecule has 2 aromatic rings. The Labute approximate surface area is 166 Å². The summed E-state index contributed by atoms with van der Waals surface area (Å²) in [6, 6.07) is 1.63.